The van der Waals surface area contributed by atoms with Gasteiger partial charge in [-0.2, -0.15) is 0 Å². The van der Waals surface area contributed by atoms with Crippen LogP contribution in [0.15, 0.2) is 53.7 Å². The third-order valence-electron chi connectivity index (χ3n) is 5.44. The number of anilines is 1. The van der Waals surface area contributed by atoms with Crippen LogP contribution in [0.2, 0.25) is 0 Å². The van der Waals surface area contributed by atoms with E-state index in [1.807, 2.05) is 29.2 Å². The Bertz CT molecular complexity index is 1070. The average molecular weight is 457 g/mol. The first kappa shape index (κ1) is 21.9. The molecule has 0 aliphatic carbocycles. The molecule has 2 heterocycles. The number of ether oxygens (including phenoxy) is 1. The summed E-state index contributed by atoms with van der Waals surface area (Å²) in [6.07, 6.45) is 0.234. The number of rotatable bonds is 7. The van der Waals surface area contributed by atoms with Gasteiger partial charge in [-0.25, -0.2) is 9.07 Å². The van der Waals surface area contributed by atoms with Gasteiger partial charge in [0.05, 0.1) is 12.9 Å². The molecule has 4 rings (SSSR count). The monoisotopic (exact) mass is 456 g/mol. The molecule has 2 N–H and O–H groups in total. The van der Waals surface area contributed by atoms with Crippen molar-refractivity contribution in [2.75, 3.05) is 49.8 Å². The number of amides is 1. The Kier molecular flexibility index (Phi) is 6.79. The van der Waals surface area contributed by atoms with Crippen molar-refractivity contribution in [2.24, 2.45) is 0 Å². The quantitative estimate of drug-likeness (QED) is 0.431. The van der Waals surface area contributed by atoms with Gasteiger partial charge in [0.15, 0.2) is 5.82 Å². The van der Waals surface area contributed by atoms with Crippen molar-refractivity contribution in [3.8, 4) is 5.75 Å². The molecule has 0 unspecified atom stereocenters. The maximum atomic E-state index is 13.9. The summed E-state index contributed by atoms with van der Waals surface area (Å²) in [6.45, 7) is 2.84. The van der Waals surface area contributed by atoms with Gasteiger partial charge in [-0.15, -0.1) is 10.2 Å². The number of hydrogen-bond acceptors (Lipinski definition) is 7. The van der Waals surface area contributed by atoms with Crippen LogP contribution in [-0.4, -0.2) is 64.7 Å². The Morgan fingerprint density at radius 3 is 2.50 bits per heavy atom. The van der Waals surface area contributed by atoms with E-state index in [0.29, 0.717) is 29.6 Å². The lowest BCUT2D eigenvalue weighted by Gasteiger charge is -2.36. The zero-order valence-electron chi connectivity index (χ0n) is 17.8. The van der Waals surface area contributed by atoms with Gasteiger partial charge in [-0.1, -0.05) is 30.0 Å². The molecule has 1 aliphatic rings. The summed E-state index contributed by atoms with van der Waals surface area (Å²) < 4.78 is 20.4. The molecular formula is C22H25FN6O2S. The second-order valence-corrected chi connectivity index (χ2v) is 8.33. The molecule has 168 valence electrons. The van der Waals surface area contributed by atoms with Crippen molar-refractivity contribution in [3.63, 3.8) is 0 Å². The predicted octanol–water partition coefficient (Wildman–Crippen LogP) is 2.17. The first-order valence-corrected chi connectivity index (χ1v) is 11.3. The van der Waals surface area contributed by atoms with Crippen LogP contribution in [0.4, 0.5) is 10.1 Å². The van der Waals surface area contributed by atoms with E-state index in [4.69, 9.17) is 10.6 Å². The van der Waals surface area contributed by atoms with Crippen molar-refractivity contribution in [1.82, 2.24) is 19.8 Å². The minimum Gasteiger partial charge on any atom is -0.497 e. The lowest BCUT2D eigenvalue weighted by atomic mass is 10.1. The van der Waals surface area contributed by atoms with Crippen LogP contribution >= 0.6 is 11.8 Å². The van der Waals surface area contributed by atoms with Gasteiger partial charge in [0.1, 0.15) is 11.6 Å². The van der Waals surface area contributed by atoms with Crippen molar-refractivity contribution in [2.45, 2.75) is 11.6 Å². The van der Waals surface area contributed by atoms with Gasteiger partial charge in [-0.3, -0.25) is 4.79 Å². The Balaban J connectivity index is 1.28. The lowest BCUT2D eigenvalue weighted by Crippen LogP contribution is -2.49. The molecular weight excluding hydrogens is 431 g/mol. The average Bonchev–Trinajstić information content (AvgIpc) is 3.18. The molecule has 32 heavy (non-hydrogen) atoms. The van der Waals surface area contributed by atoms with Gasteiger partial charge in [-0.05, 0) is 35.9 Å². The van der Waals surface area contributed by atoms with Crippen molar-refractivity contribution in [1.29, 1.82) is 0 Å². The molecule has 2 aromatic carbocycles. The number of halogens is 1. The third kappa shape index (κ3) is 4.96. The van der Waals surface area contributed by atoms with Crippen LogP contribution in [0, 0.1) is 5.82 Å². The van der Waals surface area contributed by atoms with Gasteiger partial charge in [0, 0.05) is 38.3 Å². The third-order valence-corrected chi connectivity index (χ3v) is 6.36. The van der Waals surface area contributed by atoms with Crippen LogP contribution in [0.1, 0.15) is 11.4 Å². The number of nitrogen functional groups attached to an aromatic ring is 1. The van der Waals surface area contributed by atoms with E-state index in [9.17, 15) is 9.18 Å². The van der Waals surface area contributed by atoms with Crippen LogP contribution < -0.4 is 15.5 Å². The number of benzene rings is 2. The highest BCUT2D eigenvalue weighted by Gasteiger charge is 2.22. The minimum atomic E-state index is -0.311. The van der Waals surface area contributed by atoms with E-state index in [2.05, 4.69) is 15.1 Å². The molecule has 1 fully saturated rings. The van der Waals surface area contributed by atoms with Gasteiger partial charge in [0.2, 0.25) is 11.1 Å². The first-order chi connectivity index (χ1) is 15.5. The maximum absolute atomic E-state index is 13.9. The van der Waals surface area contributed by atoms with Crippen molar-refractivity contribution >= 4 is 23.4 Å². The Morgan fingerprint density at radius 1 is 1.09 bits per heavy atom. The van der Waals surface area contributed by atoms with Crippen molar-refractivity contribution in [3.05, 3.63) is 65.7 Å². The van der Waals surface area contributed by atoms with E-state index < -0.39 is 0 Å². The molecule has 0 spiro atoms. The van der Waals surface area contributed by atoms with E-state index in [1.165, 1.54) is 22.5 Å². The van der Waals surface area contributed by atoms with E-state index in [-0.39, 0.29) is 23.9 Å². The number of thioether (sulfide) groups is 1. The fourth-order valence-corrected chi connectivity index (χ4v) is 4.34. The number of methoxy groups -OCH3 is 1. The highest BCUT2D eigenvalue weighted by Crippen LogP contribution is 2.22. The minimum absolute atomic E-state index is 0.0306. The molecule has 1 amide bonds. The highest BCUT2D eigenvalue weighted by atomic mass is 32.2. The molecule has 10 heteroatoms. The SMILES string of the molecule is COc1ccc(N2CCN(C(=O)CSc3nnc(Cc4ccccc4F)n3N)CC2)cc1. The summed E-state index contributed by atoms with van der Waals surface area (Å²) >= 11 is 1.24. The fraction of sp³-hybridized carbons (Fsp3) is 0.318. The number of piperazine rings is 1. The number of carbonyl (C=O) groups is 1. The van der Waals surface area contributed by atoms with Gasteiger partial charge in [0.25, 0.3) is 0 Å². The van der Waals surface area contributed by atoms with Crippen LogP contribution in [0.5, 0.6) is 5.75 Å². The van der Waals surface area contributed by atoms with Gasteiger partial charge < -0.3 is 20.4 Å². The predicted molar refractivity (Wildman–Crippen MR) is 122 cm³/mol. The Hall–Kier alpha value is -3.27. The summed E-state index contributed by atoms with van der Waals surface area (Å²) in [5.74, 6) is 7.28. The smallest absolute Gasteiger partial charge is 0.233 e. The van der Waals surface area contributed by atoms with Crippen LogP contribution in [0.25, 0.3) is 0 Å². The molecule has 1 saturated heterocycles. The standard InChI is InChI=1S/C22H25FN6O2S/c1-31-18-8-6-17(7-9-18)27-10-12-28(13-11-27)21(30)15-32-22-26-25-20(29(22)24)14-16-4-2-3-5-19(16)23/h2-9H,10-15,24H2,1H3. The summed E-state index contributed by atoms with van der Waals surface area (Å²) in [5.41, 5.74) is 1.61. The number of hydrogen-bond donors (Lipinski definition) is 1. The molecule has 1 aromatic heterocycles. The second-order valence-electron chi connectivity index (χ2n) is 7.39. The molecule has 1 aliphatic heterocycles. The largest absolute Gasteiger partial charge is 0.497 e. The first-order valence-electron chi connectivity index (χ1n) is 10.3. The number of nitrogens with two attached hydrogens (primary N) is 1. The molecule has 8 nitrogen and oxygen atoms in total. The Morgan fingerprint density at radius 2 is 1.81 bits per heavy atom. The topological polar surface area (TPSA) is 89.5 Å². The zero-order chi connectivity index (χ0) is 22.5. The number of nitrogens with zero attached hydrogens (tertiary/aromatic N) is 5. The second kappa shape index (κ2) is 9.90. The summed E-state index contributed by atoms with van der Waals surface area (Å²) in [7, 11) is 1.65. The number of aromatic nitrogens is 3. The Labute approximate surface area is 190 Å². The molecule has 0 radical (unpaired) electrons. The fourth-order valence-electron chi connectivity index (χ4n) is 3.56. The zero-order valence-corrected chi connectivity index (χ0v) is 18.6. The van der Waals surface area contributed by atoms with Gasteiger partial charge >= 0.3 is 0 Å². The highest BCUT2D eigenvalue weighted by molar-refractivity contribution is 7.99. The molecule has 0 atom stereocenters. The summed E-state index contributed by atoms with van der Waals surface area (Å²) in [4.78, 5) is 16.8. The molecule has 0 bridgehead atoms. The maximum Gasteiger partial charge on any atom is 0.233 e. The van der Waals surface area contributed by atoms with Crippen molar-refractivity contribution < 1.29 is 13.9 Å². The van der Waals surface area contributed by atoms with E-state index >= 15 is 0 Å². The summed E-state index contributed by atoms with van der Waals surface area (Å²) in [6, 6.07) is 14.4. The number of carbonyl (C=O) groups excluding carboxylic acids is 1. The molecule has 3 aromatic rings. The van der Waals surface area contributed by atoms with E-state index in [0.717, 1.165) is 24.5 Å². The van der Waals surface area contributed by atoms with Crippen LogP contribution in [-0.2, 0) is 11.2 Å². The summed E-state index contributed by atoms with van der Waals surface area (Å²) in [5, 5.41) is 8.55. The molecule has 0 saturated carbocycles. The van der Waals surface area contributed by atoms with E-state index in [1.54, 1.807) is 25.3 Å². The normalized spacial score (nSPS) is 13.9. The lowest BCUT2D eigenvalue weighted by molar-refractivity contribution is -0.128. The van der Waals surface area contributed by atoms with Crippen LogP contribution in [0.3, 0.4) is 0 Å².